The molecule has 1 aromatic carbocycles. The van der Waals surface area contributed by atoms with Crippen molar-refractivity contribution >= 4 is 34.0 Å². The van der Waals surface area contributed by atoms with Gasteiger partial charge in [0.25, 0.3) is 0 Å². The molecule has 0 radical (unpaired) electrons. The molecule has 2 heterocycles. The highest BCUT2D eigenvalue weighted by molar-refractivity contribution is 7.15. The van der Waals surface area contributed by atoms with Gasteiger partial charge in [-0.3, -0.25) is 9.59 Å². The van der Waals surface area contributed by atoms with Crippen LogP contribution >= 0.6 is 11.3 Å². The van der Waals surface area contributed by atoms with Gasteiger partial charge in [0, 0.05) is 23.9 Å². The number of hydrogen-bond donors (Lipinski definition) is 2. The Balaban J connectivity index is 1.53. The van der Waals surface area contributed by atoms with Crippen LogP contribution in [0.4, 0.5) is 10.8 Å². The molecule has 2 amide bonds. The molecule has 0 bridgehead atoms. The maximum Gasteiger partial charge on any atom is 0.227 e. The fourth-order valence-corrected chi connectivity index (χ4v) is 3.41. The number of para-hydroxylation sites is 1. The third kappa shape index (κ3) is 3.79. The lowest BCUT2D eigenvalue weighted by Gasteiger charge is -2.24. The molecule has 0 spiro atoms. The van der Waals surface area contributed by atoms with Crippen LogP contribution < -0.4 is 10.6 Å². The Morgan fingerprint density at radius 2 is 2.17 bits per heavy atom. The van der Waals surface area contributed by atoms with Crippen molar-refractivity contribution in [2.24, 2.45) is 5.92 Å². The zero-order valence-corrected chi connectivity index (χ0v) is 14.5. The number of rotatable bonds is 5. The van der Waals surface area contributed by atoms with Crippen molar-refractivity contribution in [3.05, 3.63) is 34.8 Å². The van der Waals surface area contributed by atoms with Gasteiger partial charge in [0.1, 0.15) is 5.01 Å². The molecule has 24 heavy (non-hydrogen) atoms. The van der Waals surface area contributed by atoms with Crippen LogP contribution in [0.25, 0.3) is 0 Å². The highest BCUT2D eigenvalue weighted by Gasteiger charge is 2.26. The molecule has 7 heteroatoms. The van der Waals surface area contributed by atoms with E-state index in [0.717, 1.165) is 16.3 Å². The molecule has 1 aliphatic heterocycles. The average molecular weight is 344 g/mol. The second-order valence-electron chi connectivity index (χ2n) is 6.23. The number of nitrogens with zero attached hydrogens (tertiary/aromatic N) is 2. The van der Waals surface area contributed by atoms with Gasteiger partial charge in [0.05, 0.1) is 0 Å². The van der Waals surface area contributed by atoms with E-state index in [2.05, 4.69) is 20.8 Å². The van der Waals surface area contributed by atoms with Gasteiger partial charge in [-0.1, -0.05) is 43.4 Å². The second kappa shape index (κ2) is 7.09. The number of aromatic nitrogens is 2. The highest BCUT2D eigenvalue weighted by atomic mass is 32.1. The minimum Gasteiger partial charge on any atom is -0.326 e. The molecule has 6 nitrogen and oxygen atoms in total. The van der Waals surface area contributed by atoms with Crippen LogP contribution in [0, 0.1) is 5.92 Å². The summed E-state index contributed by atoms with van der Waals surface area (Å²) < 4.78 is 0. The smallest absolute Gasteiger partial charge is 0.227 e. The van der Waals surface area contributed by atoms with Gasteiger partial charge in [-0.15, -0.1) is 10.2 Å². The summed E-state index contributed by atoms with van der Waals surface area (Å²) in [5, 5.41) is 15.1. The largest absolute Gasteiger partial charge is 0.326 e. The molecule has 2 N–H and O–H groups in total. The minimum absolute atomic E-state index is 0.0143. The Bertz CT molecular complexity index is 757. The fourth-order valence-electron chi connectivity index (χ4n) is 2.65. The maximum atomic E-state index is 12.1. The first-order chi connectivity index (χ1) is 11.5. The van der Waals surface area contributed by atoms with Gasteiger partial charge in [-0.2, -0.15) is 0 Å². The van der Waals surface area contributed by atoms with E-state index in [4.69, 9.17) is 0 Å². The topological polar surface area (TPSA) is 84.0 Å². The van der Waals surface area contributed by atoms with Gasteiger partial charge >= 0.3 is 0 Å². The van der Waals surface area contributed by atoms with Crippen molar-refractivity contribution in [3.63, 3.8) is 0 Å². The molecule has 2 aromatic rings. The van der Waals surface area contributed by atoms with E-state index < -0.39 is 0 Å². The van der Waals surface area contributed by atoms with E-state index in [1.54, 1.807) is 0 Å². The normalized spacial score (nSPS) is 16.6. The van der Waals surface area contributed by atoms with E-state index in [1.807, 2.05) is 38.1 Å². The Kier molecular flexibility index (Phi) is 4.89. The lowest BCUT2D eigenvalue weighted by Crippen LogP contribution is -2.30. The number of nitrogens with one attached hydrogen (secondary N) is 2. The van der Waals surface area contributed by atoms with Crippen molar-refractivity contribution in [1.82, 2.24) is 10.2 Å². The fraction of sp³-hybridized carbons (Fsp3) is 0.412. The summed E-state index contributed by atoms with van der Waals surface area (Å²) in [4.78, 5) is 24.2. The number of benzene rings is 1. The molecule has 0 saturated heterocycles. The zero-order chi connectivity index (χ0) is 17.1. The number of amides is 2. The number of anilines is 2. The summed E-state index contributed by atoms with van der Waals surface area (Å²) in [7, 11) is 0. The van der Waals surface area contributed by atoms with Gasteiger partial charge in [0.15, 0.2) is 0 Å². The molecular formula is C17H20N4O2S. The Morgan fingerprint density at radius 1 is 1.38 bits per heavy atom. The molecule has 0 saturated carbocycles. The number of hydrogen-bond acceptors (Lipinski definition) is 5. The lowest BCUT2D eigenvalue weighted by molar-refractivity contribution is -0.121. The first-order valence-corrected chi connectivity index (χ1v) is 8.86. The lowest BCUT2D eigenvalue weighted by atomic mass is 9.89. The summed E-state index contributed by atoms with van der Waals surface area (Å²) in [6, 6.07) is 7.77. The van der Waals surface area contributed by atoms with Crippen molar-refractivity contribution in [2.75, 3.05) is 10.6 Å². The summed E-state index contributed by atoms with van der Waals surface area (Å²) in [6.07, 6.45) is 1.48. The monoisotopic (exact) mass is 344 g/mol. The minimum atomic E-state index is -0.175. The predicted octanol–water partition coefficient (Wildman–Crippen LogP) is 3.19. The Hall–Kier alpha value is -2.28. The third-order valence-corrected chi connectivity index (χ3v) is 5.15. The van der Waals surface area contributed by atoms with Crippen LogP contribution in [0.15, 0.2) is 24.3 Å². The summed E-state index contributed by atoms with van der Waals surface area (Å²) in [5.41, 5.74) is 1.99. The van der Waals surface area contributed by atoms with Crippen LogP contribution in [-0.2, 0) is 16.0 Å². The summed E-state index contributed by atoms with van der Waals surface area (Å²) in [6.45, 7) is 4.07. The summed E-state index contributed by atoms with van der Waals surface area (Å²) >= 11 is 1.39. The Morgan fingerprint density at radius 3 is 2.92 bits per heavy atom. The van der Waals surface area contributed by atoms with Crippen LogP contribution in [0.5, 0.6) is 0 Å². The van der Waals surface area contributed by atoms with E-state index >= 15 is 0 Å². The standard InChI is InChI=1S/C17H20N4O2S/c1-10(2)16-20-21-17(24-16)19-14(22)8-7-12-9-11-5-3-4-6-13(11)18-15(12)23/h3-6,10,12H,7-9H2,1-2H3,(H,18,23)(H,19,21,22). The molecule has 1 atom stereocenters. The van der Waals surface area contributed by atoms with Crippen molar-refractivity contribution in [2.45, 2.75) is 39.0 Å². The van der Waals surface area contributed by atoms with Crippen LogP contribution in [0.1, 0.15) is 43.2 Å². The zero-order valence-electron chi connectivity index (χ0n) is 13.7. The SMILES string of the molecule is CC(C)c1nnc(NC(=O)CCC2Cc3ccccc3NC2=O)s1. The Labute approximate surface area is 144 Å². The molecular weight excluding hydrogens is 324 g/mol. The molecule has 0 fully saturated rings. The molecule has 3 rings (SSSR count). The van der Waals surface area contributed by atoms with Crippen molar-refractivity contribution in [1.29, 1.82) is 0 Å². The van der Waals surface area contributed by atoms with Crippen LogP contribution in [0.2, 0.25) is 0 Å². The van der Waals surface area contributed by atoms with Crippen molar-refractivity contribution in [3.8, 4) is 0 Å². The number of carbonyl (C=O) groups is 2. The number of fused-ring (bicyclic) bond motifs is 1. The number of carbonyl (C=O) groups excluding carboxylic acids is 2. The maximum absolute atomic E-state index is 12.1. The molecule has 126 valence electrons. The molecule has 1 aromatic heterocycles. The first-order valence-electron chi connectivity index (χ1n) is 8.05. The van der Waals surface area contributed by atoms with E-state index in [0.29, 0.717) is 23.9 Å². The molecule has 1 aliphatic rings. The highest BCUT2D eigenvalue weighted by Crippen LogP contribution is 2.28. The third-order valence-electron chi connectivity index (χ3n) is 4.01. The average Bonchev–Trinajstić information content (AvgIpc) is 3.01. The van der Waals surface area contributed by atoms with Crippen LogP contribution in [-0.4, -0.2) is 22.0 Å². The first kappa shape index (κ1) is 16.6. The molecule has 1 unspecified atom stereocenters. The van der Waals surface area contributed by atoms with E-state index in [1.165, 1.54) is 11.3 Å². The van der Waals surface area contributed by atoms with Gasteiger partial charge < -0.3 is 10.6 Å². The van der Waals surface area contributed by atoms with Gasteiger partial charge in [-0.05, 0) is 24.5 Å². The quantitative estimate of drug-likeness (QED) is 0.872. The van der Waals surface area contributed by atoms with Crippen molar-refractivity contribution < 1.29 is 9.59 Å². The van der Waals surface area contributed by atoms with E-state index in [9.17, 15) is 9.59 Å². The summed E-state index contributed by atoms with van der Waals surface area (Å²) in [5.74, 6) is -0.0296. The predicted molar refractivity (Wildman–Crippen MR) is 94.1 cm³/mol. The second-order valence-corrected chi connectivity index (χ2v) is 7.24. The van der Waals surface area contributed by atoms with E-state index in [-0.39, 0.29) is 24.2 Å². The van der Waals surface area contributed by atoms with Crippen LogP contribution in [0.3, 0.4) is 0 Å². The van der Waals surface area contributed by atoms with Gasteiger partial charge in [-0.25, -0.2) is 0 Å². The molecule has 0 aliphatic carbocycles. The van der Waals surface area contributed by atoms with Gasteiger partial charge in [0.2, 0.25) is 16.9 Å².